The van der Waals surface area contributed by atoms with Gasteiger partial charge in [0.2, 0.25) is 0 Å². The van der Waals surface area contributed by atoms with Crippen LogP contribution in [0, 0.1) is 13.8 Å². The van der Waals surface area contributed by atoms with Crippen LogP contribution >= 0.6 is 0 Å². The minimum Gasteiger partial charge on any atom is -0.483 e. The Morgan fingerprint density at radius 3 is 2.42 bits per heavy atom. The minimum atomic E-state index is -0.241. The maximum atomic E-state index is 12.3. The number of amides is 1. The average molecular weight is 347 g/mol. The van der Waals surface area contributed by atoms with Crippen molar-refractivity contribution in [2.24, 2.45) is 0 Å². The van der Waals surface area contributed by atoms with Gasteiger partial charge >= 0.3 is 0 Å². The highest BCUT2D eigenvalue weighted by Crippen LogP contribution is 2.29. The maximum Gasteiger partial charge on any atom is 0.262 e. The topological polar surface area (TPSA) is 47.6 Å². The van der Waals surface area contributed by atoms with Gasteiger partial charge in [-0.15, -0.1) is 0 Å². The van der Waals surface area contributed by atoms with Crippen LogP contribution in [0.15, 0.2) is 72.8 Å². The summed E-state index contributed by atoms with van der Waals surface area (Å²) in [6.07, 6.45) is 0. The molecule has 3 rings (SSSR count). The Hall–Kier alpha value is -3.27. The number of ether oxygens (including phenoxy) is 2. The predicted octanol–water partition coefficient (Wildman–Crippen LogP) is 5.11. The van der Waals surface area contributed by atoms with E-state index in [1.165, 1.54) is 0 Å². The van der Waals surface area contributed by atoms with E-state index in [1.54, 1.807) is 6.07 Å². The molecule has 0 unspecified atom stereocenters. The van der Waals surface area contributed by atoms with Crippen LogP contribution in [-0.4, -0.2) is 12.5 Å². The van der Waals surface area contributed by atoms with Gasteiger partial charge in [-0.1, -0.05) is 42.5 Å². The second kappa shape index (κ2) is 8.21. The summed E-state index contributed by atoms with van der Waals surface area (Å²) in [6, 6.07) is 22.7. The molecule has 0 aliphatic heterocycles. The number of rotatable bonds is 6. The van der Waals surface area contributed by atoms with Crippen molar-refractivity contribution in [2.45, 2.75) is 13.8 Å². The zero-order valence-electron chi connectivity index (χ0n) is 14.9. The summed E-state index contributed by atoms with van der Waals surface area (Å²) < 4.78 is 11.5. The number of para-hydroxylation sites is 3. The van der Waals surface area contributed by atoms with E-state index in [2.05, 4.69) is 5.32 Å². The van der Waals surface area contributed by atoms with Crippen molar-refractivity contribution in [2.75, 3.05) is 11.9 Å². The molecule has 132 valence electrons. The molecule has 4 heteroatoms. The van der Waals surface area contributed by atoms with Crippen LogP contribution in [0.5, 0.6) is 17.2 Å². The molecule has 0 aliphatic carbocycles. The van der Waals surface area contributed by atoms with Gasteiger partial charge in [0, 0.05) is 0 Å². The number of anilines is 1. The normalized spacial score (nSPS) is 10.2. The Morgan fingerprint density at radius 2 is 1.62 bits per heavy atom. The largest absolute Gasteiger partial charge is 0.483 e. The second-order valence-corrected chi connectivity index (χ2v) is 6.02. The van der Waals surface area contributed by atoms with E-state index < -0.39 is 0 Å². The number of carbonyl (C=O) groups is 1. The first-order valence-corrected chi connectivity index (χ1v) is 8.43. The Morgan fingerprint density at radius 1 is 0.885 bits per heavy atom. The highest BCUT2D eigenvalue weighted by atomic mass is 16.5. The summed E-state index contributed by atoms with van der Waals surface area (Å²) in [5, 5.41) is 2.85. The summed E-state index contributed by atoms with van der Waals surface area (Å²) >= 11 is 0. The highest BCUT2D eigenvalue weighted by Gasteiger charge is 2.10. The lowest BCUT2D eigenvalue weighted by Gasteiger charge is -2.13. The number of aryl methyl sites for hydroxylation is 2. The lowest BCUT2D eigenvalue weighted by atomic mass is 10.1. The van der Waals surface area contributed by atoms with E-state index in [0.29, 0.717) is 22.9 Å². The van der Waals surface area contributed by atoms with E-state index >= 15 is 0 Å². The van der Waals surface area contributed by atoms with Crippen molar-refractivity contribution in [3.8, 4) is 17.2 Å². The molecular formula is C22H21NO3. The molecule has 0 heterocycles. The SMILES string of the molecule is Cc1ccc(C)c(OCC(=O)Nc2ccccc2Oc2ccccc2)c1. The molecule has 0 spiro atoms. The van der Waals surface area contributed by atoms with Gasteiger partial charge in [-0.3, -0.25) is 4.79 Å². The van der Waals surface area contributed by atoms with E-state index in [1.807, 2.05) is 80.6 Å². The smallest absolute Gasteiger partial charge is 0.262 e. The Labute approximate surface area is 153 Å². The third-order valence-corrected chi connectivity index (χ3v) is 3.83. The van der Waals surface area contributed by atoms with Crippen molar-refractivity contribution < 1.29 is 14.3 Å². The Bertz CT molecular complexity index is 891. The number of nitrogens with one attached hydrogen (secondary N) is 1. The van der Waals surface area contributed by atoms with Gasteiger partial charge in [0.1, 0.15) is 11.5 Å². The molecule has 0 saturated carbocycles. The molecule has 0 saturated heterocycles. The van der Waals surface area contributed by atoms with Crippen molar-refractivity contribution >= 4 is 11.6 Å². The zero-order valence-corrected chi connectivity index (χ0v) is 14.9. The van der Waals surface area contributed by atoms with Gasteiger partial charge in [-0.2, -0.15) is 0 Å². The number of hydrogen-bond donors (Lipinski definition) is 1. The molecule has 0 fully saturated rings. The molecule has 3 aromatic carbocycles. The van der Waals surface area contributed by atoms with Gasteiger partial charge in [0.25, 0.3) is 5.91 Å². The second-order valence-electron chi connectivity index (χ2n) is 6.02. The fourth-order valence-corrected chi connectivity index (χ4v) is 2.47. The Balaban J connectivity index is 1.65. The van der Waals surface area contributed by atoms with Gasteiger partial charge in [0.15, 0.2) is 12.4 Å². The fraction of sp³-hybridized carbons (Fsp3) is 0.136. The highest BCUT2D eigenvalue weighted by molar-refractivity contribution is 5.93. The van der Waals surface area contributed by atoms with Crippen LogP contribution in [-0.2, 0) is 4.79 Å². The summed E-state index contributed by atoms with van der Waals surface area (Å²) in [5.41, 5.74) is 2.69. The van der Waals surface area contributed by atoms with Crippen LogP contribution in [0.3, 0.4) is 0 Å². The number of benzene rings is 3. The van der Waals surface area contributed by atoms with Crippen LogP contribution in [0.4, 0.5) is 5.69 Å². The standard InChI is InChI=1S/C22H21NO3/c1-16-12-13-17(2)21(14-16)25-15-22(24)23-19-10-6-7-11-20(19)26-18-8-4-3-5-9-18/h3-14H,15H2,1-2H3,(H,23,24). The van der Waals surface area contributed by atoms with Gasteiger partial charge in [-0.25, -0.2) is 0 Å². The molecular weight excluding hydrogens is 326 g/mol. The summed E-state index contributed by atoms with van der Waals surface area (Å²) in [6.45, 7) is 3.88. The molecule has 0 atom stereocenters. The van der Waals surface area contributed by atoms with E-state index in [4.69, 9.17) is 9.47 Å². The molecule has 4 nitrogen and oxygen atoms in total. The third-order valence-electron chi connectivity index (χ3n) is 3.83. The van der Waals surface area contributed by atoms with Gasteiger partial charge in [-0.05, 0) is 55.3 Å². The monoisotopic (exact) mass is 347 g/mol. The number of hydrogen-bond acceptors (Lipinski definition) is 3. The molecule has 0 radical (unpaired) electrons. The first-order valence-electron chi connectivity index (χ1n) is 8.43. The molecule has 0 aliphatic rings. The Kier molecular flexibility index (Phi) is 5.54. The minimum absolute atomic E-state index is 0.0655. The summed E-state index contributed by atoms with van der Waals surface area (Å²) in [5.74, 6) is 1.77. The third kappa shape index (κ3) is 4.63. The molecule has 0 bridgehead atoms. The molecule has 0 aromatic heterocycles. The van der Waals surface area contributed by atoms with E-state index in [-0.39, 0.29) is 12.5 Å². The van der Waals surface area contributed by atoms with Crippen molar-refractivity contribution in [1.29, 1.82) is 0 Å². The zero-order chi connectivity index (χ0) is 18.4. The van der Waals surface area contributed by atoms with Crippen molar-refractivity contribution in [3.05, 3.63) is 83.9 Å². The van der Waals surface area contributed by atoms with Crippen LogP contribution in [0.25, 0.3) is 0 Å². The lowest BCUT2D eigenvalue weighted by Crippen LogP contribution is -2.20. The quantitative estimate of drug-likeness (QED) is 0.674. The summed E-state index contributed by atoms with van der Waals surface area (Å²) in [4.78, 5) is 12.3. The maximum absolute atomic E-state index is 12.3. The van der Waals surface area contributed by atoms with Gasteiger partial charge in [0.05, 0.1) is 5.69 Å². The predicted molar refractivity (Wildman–Crippen MR) is 103 cm³/mol. The molecule has 26 heavy (non-hydrogen) atoms. The van der Waals surface area contributed by atoms with Crippen molar-refractivity contribution in [3.63, 3.8) is 0 Å². The molecule has 1 N–H and O–H groups in total. The molecule has 1 amide bonds. The first-order chi connectivity index (χ1) is 12.6. The van der Waals surface area contributed by atoms with Gasteiger partial charge < -0.3 is 14.8 Å². The van der Waals surface area contributed by atoms with E-state index in [0.717, 1.165) is 11.1 Å². The van der Waals surface area contributed by atoms with Crippen LogP contribution < -0.4 is 14.8 Å². The lowest BCUT2D eigenvalue weighted by molar-refractivity contribution is -0.118. The summed E-state index contributed by atoms with van der Waals surface area (Å²) in [7, 11) is 0. The van der Waals surface area contributed by atoms with Crippen LogP contribution in [0.2, 0.25) is 0 Å². The van der Waals surface area contributed by atoms with Crippen molar-refractivity contribution in [1.82, 2.24) is 0 Å². The molecule has 3 aromatic rings. The fourth-order valence-electron chi connectivity index (χ4n) is 2.47. The average Bonchev–Trinajstić information content (AvgIpc) is 2.65. The van der Waals surface area contributed by atoms with Crippen LogP contribution in [0.1, 0.15) is 11.1 Å². The first kappa shape index (κ1) is 17.5. The number of carbonyl (C=O) groups excluding carboxylic acids is 1. The van der Waals surface area contributed by atoms with E-state index in [9.17, 15) is 4.79 Å².